The third kappa shape index (κ3) is 7.57. The Morgan fingerprint density at radius 1 is 1.11 bits per heavy atom. The van der Waals surface area contributed by atoms with Gasteiger partial charge in [-0.25, -0.2) is 25.9 Å². The number of carbonyl (C=O) groups is 2. The fraction of sp³-hybridized carbons (Fsp3) is 0.292. The molecule has 0 saturated heterocycles. The van der Waals surface area contributed by atoms with Gasteiger partial charge >= 0.3 is 6.09 Å². The Labute approximate surface area is 221 Å². The summed E-state index contributed by atoms with van der Waals surface area (Å²) in [5.74, 6) is 11.4. The molecule has 0 saturated carbocycles. The molecule has 13 heteroatoms. The van der Waals surface area contributed by atoms with Crippen LogP contribution < -0.4 is 21.4 Å². The van der Waals surface area contributed by atoms with Gasteiger partial charge in [-0.3, -0.25) is 14.0 Å². The van der Waals surface area contributed by atoms with Gasteiger partial charge in [0.15, 0.2) is 0 Å². The molecule has 3 atom stereocenters. The van der Waals surface area contributed by atoms with Crippen LogP contribution in [0.1, 0.15) is 34.8 Å². The molecule has 2 amide bonds. The van der Waals surface area contributed by atoms with Gasteiger partial charge in [0.1, 0.15) is 17.1 Å². The van der Waals surface area contributed by atoms with Crippen molar-refractivity contribution in [2.45, 2.75) is 38.3 Å². The van der Waals surface area contributed by atoms with Gasteiger partial charge in [-0.15, -0.1) is 11.3 Å². The van der Waals surface area contributed by atoms with Crippen molar-refractivity contribution in [2.24, 2.45) is 11.7 Å². The van der Waals surface area contributed by atoms with Crippen LogP contribution in [-0.2, 0) is 40.1 Å². The van der Waals surface area contributed by atoms with E-state index in [-0.39, 0.29) is 12.1 Å². The third-order valence-corrected chi connectivity index (χ3v) is 7.17. The molecule has 0 aliphatic rings. The molecule has 1 unspecified atom stereocenters. The van der Waals surface area contributed by atoms with Crippen LogP contribution in [0.15, 0.2) is 60.0 Å². The number of thiazole rings is 1. The van der Waals surface area contributed by atoms with E-state index in [4.69, 9.17) is 16.4 Å². The first-order valence-electron chi connectivity index (χ1n) is 11.4. The van der Waals surface area contributed by atoms with E-state index in [9.17, 15) is 18.4 Å². The Hall–Kier alpha value is -3.36. The summed E-state index contributed by atoms with van der Waals surface area (Å²) >= 11 is -1.23. The topological polar surface area (TPSA) is 167 Å². The second-order valence-corrected chi connectivity index (χ2v) is 9.80. The van der Waals surface area contributed by atoms with Crippen molar-refractivity contribution in [1.82, 2.24) is 15.3 Å². The van der Waals surface area contributed by atoms with Crippen molar-refractivity contribution in [3.8, 4) is 0 Å². The molecular formula is C24H29N6O5S2-. The van der Waals surface area contributed by atoms with Crippen LogP contribution in [0.3, 0.4) is 0 Å². The zero-order valence-electron chi connectivity index (χ0n) is 20.4. The lowest BCUT2D eigenvalue weighted by atomic mass is 10.0. The lowest BCUT2D eigenvalue weighted by Gasteiger charge is -2.30. The lowest BCUT2D eigenvalue weighted by molar-refractivity contribution is -0.136. The summed E-state index contributed by atoms with van der Waals surface area (Å²) in [5.41, 5.74) is 2.76. The van der Waals surface area contributed by atoms with Crippen molar-refractivity contribution >= 4 is 40.3 Å². The minimum Gasteiger partial charge on any atom is -0.754 e. The highest BCUT2D eigenvalue weighted by Crippen LogP contribution is 2.28. The molecule has 0 aliphatic carbocycles. The Balaban J connectivity index is 1.90. The summed E-state index contributed by atoms with van der Waals surface area (Å²) in [5, 5.41) is 6.22. The fourth-order valence-corrected chi connectivity index (χ4v) is 4.91. The van der Waals surface area contributed by atoms with E-state index >= 15 is 0 Å². The van der Waals surface area contributed by atoms with E-state index in [1.165, 1.54) is 18.4 Å². The second-order valence-electron chi connectivity index (χ2n) is 8.08. The maximum Gasteiger partial charge on any atom is 0.407 e. The summed E-state index contributed by atoms with van der Waals surface area (Å²) in [6, 6.07) is 14.1. The van der Waals surface area contributed by atoms with Gasteiger partial charge < -0.3 is 14.6 Å². The van der Waals surface area contributed by atoms with Crippen molar-refractivity contribution < 1.29 is 23.1 Å². The molecule has 1 aromatic heterocycles. The lowest BCUT2D eigenvalue weighted by Crippen LogP contribution is -2.53. The predicted molar refractivity (Wildman–Crippen MR) is 140 cm³/mol. The van der Waals surface area contributed by atoms with Gasteiger partial charge in [0.05, 0.1) is 29.8 Å². The van der Waals surface area contributed by atoms with Crippen LogP contribution in [0.5, 0.6) is 0 Å². The molecule has 198 valence electrons. The smallest absolute Gasteiger partial charge is 0.407 e. The minimum absolute atomic E-state index is 0.209. The van der Waals surface area contributed by atoms with E-state index in [2.05, 4.69) is 10.3 Å². The summed E-state index contributed by atoms with van der Waals surface area (Å²) in [6.07, 6.45) is 0.469. The number of amides is 2. The number of nitrogens with zero attached hydrogens (tertiary/aromatic N) is 3. The number of hydrazine groups is 2. The predicted octanol–water partition coefficient (Wildman–Crippen LogP) is 2.13. The highest BCUT2D eigenvalue weighted by molar-refractivity contribution is 7.80. The number of rotatable bonds is 11. The first kappa shape index (κ1) is 28.2. The Morgan fingerprint density at radius 2 is 1.76 bits per heavy atom. The Kier molecular flexibility index (Phi) is 10.1. The number of anilines is 1. The van der Waals surface area contributed by atoms with Crippen molar-refractivity contribution in [3.63, 3.8) is 0 Å². The molecule has 0 radical (unpaired) electrons. The molecule has 2 aromatic carbocycles. The zero-order valence-corrected chi connectivity index (χ0v) is 22.0. The SMILES string of the molecule is CCc1csc([C@H](Cc2ccc(N(N)S(=O)[O-])cc2)N(N)C(=O)[C@H](Cc2ccccc2)NC(=O)OC)n1. The number of alkyl carbamates (subject to hydrolysis) is 1. The van der Waals surface area contributed by atoms with Crippen LogP contribution in [-0.4, -0.2) is 43.9 Å². The van der Waals surface area contributed by atoms with Gasteiger partial charge in [-0.05, 0) is 29.7 Å². The molecule has 0 aliphatic heterocycles. The van der Waals surface area contributed by atoms with Gasteiger partial charge in [0.25, 0.3) is 5.91 Å². The van der Waals surface area contributed by atoms with Crippen LogP contribution in [0.2, 0.25) is 0 Å². The minimum atomic E-state index is -2.61. The number of carbonyl (C=O) groups excluding carboxylic acids is 2. The number of ether oxygens (including phenoxy) is 1. The van der Waals surface area contributed by atoms with Gasteiger partial charge in [0.2, 0.25) is 0 Å². The maximum atomic E-state index is 13.6. The van der Waals surface area contributed by atoms with Gasteiger partial charge in [-0.2, -0.15) is 0 Å². The standard InChI is InChI=1S/C24H30N6O5S2/c1-3-18-15-36-22(27-18)21(14-17-9-11-19(12-10-17)30(26)37(33)34)29(25)23(31)20(28-24(32)35-2)13-16-7-5-4-6-8-16/h4-12,15,20-21H,3,13-14,25-26H2,1-2H3,(H,28,32)(H,33,34)/p-1/t20-,21-/m0/s1. The normalized spacial score (nSPS) is 13.3. The van der Waals surface area contributed by atoms with Gasteiger partial charge in [-0.1, -0.05) is 49.4 Å². The van der Waals surface area contributed by atoms with E-state index in [0.717, 1.165) is 28.3 Å². The van der Waals surface area contributed by atoms with Gasteiger partial charge in [0, 0.05) is 18.2 Å². The highest BCUT2D eigenvalue weighted by Gasteiger charge is 2.32. The average molecular weight is 546 g/mol. The molecule has 11 nitrogen and oxygen atoms in total. The number of nitrogens with two attached hydrogens (primary N) is 2. The first-order valence-corrected chi connectivity index (χ1v) is 13.3. The number of hydrogen-bond donors (Lipinski definition) is 3. The summed E-state index contributed by atoms with van der Waals surface area (Å²) < 4.78 is 27.6. The Morgan fingerprint density at radius 3 is 2.32 bits per heavy atom. The van der Waals surface area contributed by atoms with Crippen LogP contribution in [0.4, 0.5) is 10.5 Å². The highest BCUT2D eigenvalue weighted by atomic mass is 32.2. The van der Waals surface area contributed by atoms with E-state index in [1.54, 1.807) is 24.3 Å². The number of methoxy groups -OCH3 is 1. The summed E-state index contributed by atoms with van der Waals surface area (Å²) in [4.78, 5) is 30.3. The van der Waals surface area contributed by atoms with Crippen molar-refractivity contribution in [2.75, 3.05) is 11.5 Å². The van der Waals surface area contributed by atoms with Crippen LogP contribution in [0.25, 0.3) is 0 Å². The molecule has 3 aromatic rings. The number of nitrogens with one attached hydrogen (secondary N) is 1. The number of benzene rings is 2. The molecule has 37 heavy (non-hydrogen) atoms. The quantitative estimate of drug-likeness (QED) is 0.143. The van der Waals surface area contributed by atoms with E-state index in [1.807, 2.05) is 42.6 Å². The number of hydrogen-bond acceptors (Lipinski definition) is 9. The summed E-state index contributed by atoms with van der Waals surface area (Å²) in [6.45, 7) is 1.98. The average Bonchev–Trinajstić information content (AvgIpc) is 3.40. The molecular weight excluding hydrogens is 516 g/mol. The number of aryl methyl sites for hydroxylation is 1. The molecule has 5 N–H and O–H groups in total. The van der Waals surface area contributed by atoms with Crippen LogP contribution >= 0.6 is 11.3 Å². The Bertz CT molecular complexity index is 1210. The molecule has 0 bridgehead atoms. The van der Waals surface area contributed by atoms with Crippen LogP contribution in [0, 0.1) is 0 Å². The number of aromatic nitrogens is 1. The summed E-state index contributed by atoms with van der Waals surface area (Å²) in [7, 11) is 1.22. The largest absolute Gasteiger partial charge is 0.754 e. The molecule has 0 fully saturated rings. The third-order valence-electron chi connectivity index (χ3n) is 5.65. The molecule has 3 rings (SSSR count). The van der Waals surface area contributed by atoms with Crippen molar-refractivity contribution in [1.29, 1.82) is 0 Å². The fourth-order valence-electron chi connectivity index (χ4n) is 3.62. The zero-order chi connectivity index (χ0) is 26.9. The van der Waals surface area contributed by atoms with E-state index < -0.39 is 35.4 Å². The van der Waals surface area contributed by atoms with Crippen molar-refractivity contribution in [3.05, 3.63) is 81.8 Å². The molecule has 1 heterocycles. The van der Waals surface area contributed by atoms with E-state index in [0.29, 0.717) is 15.8 Å². The maximum absolute atomic E-state index is 13.6. The first-order chi connectivity index (χ1) is 17.7. The second kappa shape index (κ2) is 13.3. The monoisotopic (exact) mass is 545 g/mol. The molecule has 0 spiro atoms.